The van der Waals surface area contributed by atoms with E-state index in [9.17, 15) is 4.79 Å². The molecule has 0 bridgehead atoms. The van der Waals surface area contributed by atoms with E-state index in [1.807, 2.05) is 0 Å². The third-order valence-electron chi connectivity index (χ3n) is 1.97. The summed E-state index contributed by atoms with van der Waals surface area (Å²) in [5.74, 6) is 0.694. The third kappa shape index (κ3) is 2.04. The normalized spacial score (nSPS) is 10.7. The van der Waals surface area contributed by atoms with E-state index in [0.717, 1.165) is 0 Å². The Labute approximate surface area is 89.8 Å². The summed E-state index contributed by atoms with van der Waals surface area (Å²) in [5, 5.41) is 9.09. The Balaban J connectivity index is 2.11. The number of rotatable bonds is 3. The van der Waals surface area contributed by atoms with Crippen molar-refractivity contribution in [2.75, 3.05) is 0 Å². The van der Waals surface area contributed by atoms with Crippen LogP contribution in [0.15, 0.2) is 11.1 Å². The van der Waals surface area contributed by atoms with Crippen LogP contribution in [-0.4, -0.2) is 29.5 Å². The highest BCUT2D eigenvalue weighted by atomic mass is 32.1. The van der Waals surface area contributed by atoms with Crippen molar-refractivity contribution >= 4 is 12.2 Å². The lowest BCUT2D eigenvalue weighted by molar-refractivity contribution is 0.635. The van der Waals surface area contributed by atoms with Gasteiger partial charge in [0, 0.05) is 20.0 Å². The molecule has 0 unspecified atom stereocenters. The number of aromatic nitrogens is 6. The summed E-state index contributed by atoms with van der Waals surface area (Å²) in [6.45, 7) is 0.474. The molecule has 0 saturated heterocycles. The second-order valence-electron chi connectivity index (χ2n) is 3.10. The number of hydrogen-bond donors (Lipinski definition) is 2. The molecule has 8 heteroatoms. The van der Waals surface area contributed by atoms with Crippen molar-refractivity contribution in [3.63, 3.8) is 0 Å². The van der Waals surface area contributed by atoms with Crippen LogP contribution in [0, 0.1) is 4.77 Å². The Hall–Kier alpha value is -1.70. The molecule has 2 rings (SSSR count). The summed E-state index contributed by atoms with van der Waals surface area (Å²) >= 11 is 4.92. The summed E-state index contributed by atoms with van der Waals surface area (Å²) in [5.41, 5.74) is -0.240. The molecule has 2 aromatic rings. The Morgan fingerprint density at radius 1 is 1.53 bits per heavy atom. The van der Waals surface area contributed by atoms with Crippen molar-refractivity contribution in [2.24, 2.45) is 7.05 Å². The summed E-state index contributed by atoms with van der Waals surface area (Å²) < 4.78 is 3.44. The number of nitrogens with one attached hydrogen (secondary N) is 2. The lowest BCUT2D eigenvalue weighted by Crippen LogP contribution is -2.18. The van der Waals surface area contributed by atoms with Gasteiger partial charge in [-0.1, -0.05) is 0 Å². The maximum Gasteiger partial charge on any atom is 0.342 e. The van der Waals surface area contributed by atoms with Gasteiger partial charge in [-0.3, -0.25) is 14.3 Å². The van der Waals surface area contributed by atoms with E-state index in [2.05, 4.69) is 20.3 Å². The summed E-state index contributed by atoms with van der Waals surface area (Å²) in [7, 11) is 1.80. The zero-order chi connectivity index (χ0) is 10.8. The van der Waals surface area contributed by atoms with Crippen molar-refractivity contribution in [1.82, 2.24) is 29.5 Å². The van der Waals surface area contributed by atoms with Gasteiger partial charge in [0.25, 0.3) is 0 Å². The largest absolute Gasteiger partial charge is 0.342 e. The number of hydrogen-bond acceptors (Lipinski definition) is 4. The van der Waals surface area contributed by atoms with Crippen LogP contribution in [0.2, 0.25) is 0 Å². The molecule has 2 heterocycles. The highest BCUT2D eigenvalue weighted by molar-refractivity contribution is 7.71. The fourth-order valence-corrected chi connectivity index (χ4v) is 1.47. The Bertz CT molecular complexity index is 533. The minimum atomic E-state index is -0.240. The third-order valence-corrected chi connectivity index (χ3v) is 2.30. The van der Waals surface area contributed by atoms with Crippen molar-refractivity contribution in [3.8, 4) is 0 Å². The van der Waals surface area contributed by atoms with Gasteiger partial charge in [0.1, 0.15) is 6.33 Å². The van der Waals surface area contributed by atoms with Gasteiger partial charge < -0.3 is 0 Å². The number of aryl methyl sites for hydroxylation is 2. The molecular formula is C7H10N6OS. The average molecular weight is 226 g/mol. The van der Waals surface area contributed by atoms with E-state index >= 15 is 0 Å². The van der Waals surface area contributed by atoms with Crippen LogP contribution >= 0.6 is 12.2 Å². The van der Waals surface area contributed by atoms with Crippen LogP contribution in [0.5, 0.6) is 0 Å². The molecule has 0 atom stereocenters. The van der Waals surface area contributed by atoms with Gasteiger partial charge in [-0.05, 0) is 12.2 Å². The van der Waals surface area contributed by atoms with Crippen LogP contribution in [0.1, 0.15) is 5.82 Å². The van der Waals surface area contributed by atoms with Gasteiger partial charge in [0.2, 0.25) is 0 Å². The number of aromatic amines is 2. The first kappa shape index (κ1) is 9.84. The smallest absolute Gasteiger partial charge is 0.272 e. The fraction of sp³-hybridized carbons (Fsp3) is 0.429. The molecule has 0 fully saturated rings. The molecule has 0 aliphatic rings. The summed E-state index contributed by atoms with van der Waals surface area (Å²) in [4.78, 5) is 15.3. The van der Waals surface area contributed by atoms with Crippen LogP contribution in [0.3, 0.4) is 0 Å². The predicted octanol–water partition coefficient (Wildman–Crippen LogP) is -0.395. The van der Waals surface area contributed by atoms with Gasteiger partial charge in [-0.15, -0.1) is 0 Å². The van der Waals surface area contributed by atoms with Gasteiger partial charge in [-0.2, -0.15) is 5.10 Å². The van der Waals surface area contributed by atoms with Crippen molar-refractivity contribution < 1.29 is 0 Å². The maximum absolute atomic E-state index is 11.2. The van der Waals surface area contributed by atoms with E-state index in [4.69, 9.17) is 12.2 Å². The van der Waals surface area contributed by atoms with Crippen LogP contribution < -0.4 is 5.69 Å². The molecule has 0 aliphatic heterocycles. The van der Waals surface area contributed by atoms with Gasteiger partial charge in [0.05, 0.1) is 0 Å². The van der Waals surface area contributed by atoms with Gasteiger partial charge >= 0.3 is 5.69 Å². The van der Waals surface area contributed by atoms with Crippen molar-refractivity contribution in [2.45, 2.75) is 13.0 Å². The zero-order valence-electron chi connectivity index (χ0n) is 8.10. The Kier molecular flexibility index (Phi) is 2.50. The second-order valence-corrected chi connectivity index (χ2v) is 3.48. The van der Waals surface area contributed by atoms with Crippen LogP contribution in [-0.2, 0) is 20.0 Å². The SMILES string of the molecule is Cn1cnc(CCn2c(=O)[nH][nH]c2=S)n1. The zero-order valence-corrected chi connectivity index (χ0v) is 8.91. The lowest BCUT2D eigenvalue weighted by Gasteiger charge is -1.96. The molecule has 80 valence electrons. The molecular weight excluding hydrogens is 216 g/mol. The van der Waals surface area contributed by atoms with Crippen LogP contribution in [0.25, 0.3) is 0 Å². The molecule has 0 aliphatic carbocycles. The first-order valence-electron chi connectivity index (χ1n) is 4.39. The minimum Gasteiger partial charge on any atom is -0.272 e. The molecule has 15 heavy (non-hydrogen) atoms. The Morgan fingerprint density at radius 3 is 2.87 bits per heavy atom. The monoisotopic (exact) mass is 226 g/mol. The predicted molar refractivity (Wildman–Crippen MR) is 54.9 cm³/mol. The molecule has 2 aromatic heterocycles. The first-order valence-corrected chi connectivity index (χ1v) is 4.79. The molecule has 0 radical (unpaired) electrons. The average Bonchev–Trinajstić information content (AvgIpc) is 2.73. The molecule has 0 amide bonds. The molecule has 0 spiro atoms. The topological polar surface area (TPSA) is 84.3 Å². The summed E-state index contributed by atoms with van der Waals surface area (Å²) in [6, 6.07) is 0. The van der Waals surface area contributed by atoms with Crippen LogP contribution in [0.4, 0.5) is 0 Å². The van der Waals surface area contributed by atoms with Gasteiger partial charge in [0.15, 0.2) is 10.6 Å². The summed E-state index contributed by atoms with van der Waals surface area (Å²) in [6.07, 6.45) is 2.20. The Morgan fingerprint density at radius 2 is 2.33 bits per heavy atom. The van der Waals surface area contributed by atoms with Crippen molar-refractivity contribution in [1.29, 1.82) is 0 Å². The first-order chi connectivity index (χ1) is 7.16. The fourth-order valence-electron chi connectivity index (χ4n) is 1.25. The quantitative estimate of drug-likeness (QED) is 0.698. The number of nitrogens with zero attached hydrogens (tertiary/aromatic N) is 4. The molecule has 7 nitrogen and oxygen atoms in total. The minimum absolute atomic E-state index is 0.240. The highest BCUT2D eigenvalue weighted by Gasteiger charge is 2.03. The van der Waals surface area contributed by atoms with Gasteiger partial charge in [-0.25, -0.2) is 14.9 Å². The highest BCUT2D eigenvalue weighted by Crippen LogP contribution is 1.92. The molecule has 0 aromatic carbocycles. The molecule has 2 N–H and O–H groups in total. The number of H-pyrrole nitrogens is 2. The standard InChI is InChI=1S/C7H10N6OS/c1-12-4-8-5(11-12)2-3-13-6(14)9-10-7(13)15/h4H,2-3H2,1H3,(H,9,14)(H,10,15). The maximum atomic E-state index is 11.2. The van der Waals surface area contributed by atoms with E-state index in [1.54, 1.807) is 18.1 Å². The van der Waals surface area contributed by atoms with E-state index in [-0.39, 0.29) is 5.69 Å². The van der Waals surface area contributed by atoms with E-state index < -0.39 is 0 Å². The lowest BCUT2D eigenvalue weighted by atomic mass is 10.4. The second kappa shape index (κ2) is 3.81. The molecule has 0 saturated carbocycles. The van der Waals surface area contributed by atoms with Crippen molar-refractivity contribution in [3.05, 3.63) is 27.4 Å². The van der Waals surface area contributed by atoms with E-state index in [1.165, 1.54) is 4.57 Å². The van der Waals surface area contributed by atoms with E-state index in [0.29, 0.717) is 23.6 Å².